The van der Waals surface area contributed by atoms with Gasteiger partial charge in [0.15, 0.2) is 0 Å². The number of nitrogens with zero attached hydrogens (tertiary/aromatic N) is 4. The zero-order valence-corrected chi connectivity index (χ0v) is 75.2. The molecule has 24 rings (SSSR count). The summed E-state index contributed by atoms with van der Waals surface area (Å²) in [6.07, 6.45) is 55.8. The zero-order valence-electron chi connectivity index (χ0n) is 65.0. The molecular formula is C106H95BrI4N4. The molecule has 9 heteroatoms. The molecule has 4 nitrogen and oxygen atoms in total. The Kier molecular flexibility index (Phi) is 21.5. The largest absolute Gasteiger partial charge is 0.265 e. The van der Waals surface area contributed by atoms with Gasteiger partial charge >= 0.3 is 0 Å². The lowest BCUT2D eigenvalue weighted by molar-refractivity contribution is -0.0694. The Hall–Kier alpha value is -7.28. The molecule has 4 aromatic heterocycles. The number of alkyl halides is 1. The molecule has 0 aliphatic heterocycles. The average molecular weight is 2010 g/mol. The molecule has 12 fully saturated rings. The van der Waals surface area contributed by atoms with Gasteiger partial charge in [-0.25, -0.2) is 0 Å². The maximum absolute atomic E-state index is 4.21. The molecule has 0 saturated heterocycles. The van der Waals surface area contributed by atoms with E-state index < -0.39 is 0 Å². The highest BCUT2D eigenvalue weighted by molar-refractivity contribution is 14.1. The van der Waals surface area contributed by atoms with Gasteiger partial charge in [0, 0.05) is 68.2 Å². The van der Waals surface area contributed by atoms with Crippen molar-refractivity contribution in [1.29, 1.82) is 0 Å². The predicted octanol–water partition coefficient (Wildman–Crippen LogP) is 28.3. The number of benzene rings is 8. The molecule has 12 aliphatic rings. The first-order valence-corrected chi connectivity index (χ1v) is 46.5. The lowest BCUT2D eigenvalue weighted by atomic mass is 9.32. The van der Waals surface area contributed by atoms with E-state index in [-0.39, 0.29) is 43.3 Å². The van der Waals surface area contributed by atoms with Gasteiger partial charge in [0.1, 0.15) is 0 Å². The SMILES string of the molecule is BrC12CC3CC(CC(C3)C1)C2.C(=C\c1ccc(C23CC4(c5ccc(/C=C/c6ccncc6)cc5)CC(c5ccc(/C=C/c6ccncc6)cc5)(C2)CC(c2ccc(/C=C/c5ccncc5)cc2)(C3)C4)cc1)/c1ccncc1.Ic1ccc(C23CC4(c5ccc(I)cc5)CC(c5ccc(I)cc5)(C2)CC(c2ccc(I)cc2)(C3)C4)cc1. The van der Waals surface area contributed by atoms with Crippen LogP contribution in [0.1, 0.15) is 205 Å². The molecule has 12 aliphatic carbocycles. The maximum atomic E-state index is 4.21. The van der Waals surface area contributed by atoms with Gasteiger partial charge in [0.05, 0.1) is 0 Å². The summed E-state index contributed by atoms with van der Waals surface area (Å²) in [5.74, 6) is 3.29. The van der Waals surface area contributed by atoms with Crippen LogP contribution in [0.3, 0.4) is 0 Å². The summed E-state index contributed by atoms with van der Waals surface area (Å²) in [7, 11) is 0. The van der Waals surface area contributed by atoms with Gasteiger partial charge < -0.3 is 0 Å². The first kappa shape index (κ1) is 77.6. The minimum absolute atomic E-state index is 0.0398. The highest BCUT2D eigenvalue weighted by Crippen LogP contribution is 2.77. The van der Waals surface area contributed by atoms with Crippen molar-refractivity contribution in [2.24, 2.45) is 17.8 Å². The van der Waals surface area contributed by atoms with E-state index in [0.717, 1.165) is 78.5 Å². The normalized spacial score (nSPS) is 29.6. The number of rotatable bonds is 16. The molecule has 0 N–H and O–H groups in total. The first-order chi connectivity index (χ1) is 55.9. The van der Waals surface area contributed by atoms with Crippen LogP contribution in [0, 0.1) is 32.0 Å². The average Bonchev–Trinajstić information content (AvgIpc) is 0.670. The van der Waals surface area contributed by atoms with E-state index in [1.807, 2.05) is 49.6 Å². The van der Waals surface area contributed by atoms with Crippen LogP contribution in [0.2, 0.25) is 0 Å². The van der Waals surface area contributed by atoms with Crippen molar-refractivity contribution >= 4 is 155 Å². The van der Waals surface area contributed by atoms with Crippen molar-refractivity contribution in [2.75, 3.05) is 0 Å². The third kappa shape index (κ3) is 15.9. The summed E-state index contributed by atoms with van der Waals surface area (Å²) in [4.78, 5) is 16.8. The fraction of sp³-hybridized carbons (Fsp3) is 0.283. The molecule has 0 radical (unpaired) electrons. The van der Waals surface area contributed by atoms with Gasteiger partial charge in [-0.1, -0.05) is 210 Å². The standard InChI is InChI=1S/C62H52N4.C34H28I4.C10H15Br/c1(5-51-25-33-63-34-26-51)47-9-17-55(18-10-47)59-41-60(56-19-11-48(12-20-56)2-6-52-27-35-64-36-28-52)44-61(42-59,57-21-13-49(14-22-57)3-7-53-29-37-65-38-30-53)46-62(43-59,45-60)58-23-15-50(16-24-58)4-8-54-31-39-66-40-32-54;35-27-9-1-23(2-10-27)31-17-32(24-3-11-28(36)12-4-24)20-33(18-31,25-5-13-29(37)14-6-25)22-34(19-31,21-32)26-7-15-30(38)16-8-26;11-10-4-7-1-8(5-10)3-9(2-7)6-10/h1-40H,41-46H2;1-16H,17-22H2;7-9H,1-6H2/b5-1+,6-2+,7-3+,8-4+;;. The molecular weight excluding hydrogens is 1920 g/mol. The second kappa shape index (κ2) is 31.8. The molecule has 12 bridgehead atoms. The van der Waals surface area contributed by atoms with Crippen molar-refractivity contribution in [1.82, 2.24) is 19.9 Å². The lowest BCUT2D eigenvalue weighted by Crippen LogP contribution is -2.67. The number of aromatic nitrogens is 4. The third-order valence-corrected chi connectivity index (χ3v) is 32.5. The zero-order chi connectivity index (χ0) is 77.9. The Morgan fingerprint density at radius 1 is 0.209 bits per heavy atom. The summed E-state index contributed by atoms with van der Waals surface area (Å²) >= 11 is 13.8. The maximum Gasteiger partial charge on any atom is 0.0273 e. The second-order valence-corrected chi connectivity index (χ2v) is 43.1. The fourth-order valence-corrected chi connectivity index (χ4v) is 28.2. The lowest BCUT2D eigenvalue weighted by Gasteiger charge is -2.71. The van der Waals surface area contributed by atoms with Gasteiger partial charge in [-0.05, 0) is 453 Å². The molecule has 4 heterocycles. The van der Waals surface area contributed by atoms with E-state index in [9.17, 15) is 0 Å². The minimum atomic E-state index is -0.0398. The van der Waals surface area contributed by atoms with Crippen LogP contribution < -0.4 is 0 Å². The molecule has 12 aromatic rings. The van der Waals surface area contributed by atoms with Crippen LogP contribution in [0.25, 0.3) is 48.6 Å². The summed E-state index contributed by atoms with van der Waals surface area (Å²) < 4.78 is 5.90. The molecule has 0 atom stereocenters. The van der Waals surface area contributed by atoms with Crippen molar-refractivity contribution in [3.8, 4) is 0 Å². The van der Waals surface area contributed by atoms with Gasteiger partial charge in [-0.2, -0.15) is 0 Å². The number of hydrogen-bond acceptors (Lipinski definition) is 4. The Balaban J connectivity index is 0.000000149. The van der Waals surface area contributed by atoms with Crippen molar-refractivity contribution in [3.05, 3.63) is 396 Å². The Bertz CT molecular complexity index is 4800. The van der Waals surface area contributed by atoms with E-state index in [1.165, 1.54) is 117 Å². The first-order valence-electron chi connectivity index (χ1n) is 41.4. The minimum Gasteiger partial charge on any atom is -0.265 e. The second-order valence-electron chi connectivity index (χ2n) is 36.4. The smallest absolute Gasteiger partial charge is 0.0273 e. The van der Waals surface area contributed by atoms with Crippen LogP contribution >= 0.6 is 106 Å². The van der Waals surface area contributed by atoms with Crippen LogP contribution in [0.15, 0.2) is 292 Å². The topological polar surface area (TPSA) is 51.6 Å². The molecule has 0 amide bonds. The number of pyridine rings is 4. The predicted molar refractivity (Wildman–Crippen MR) is 514 cm³/mol. The number of hydrogen-bond donors (Lipinski definition) is 0. The molecule has 12 saturated carbocycles. The Morgan fingerprint density at radius 3 is 0.496 bits per heavy atom. The van der Waals surface area contributed by atoms with Crippen molar-refractivity contribution in [3.63, 3.8) is 0 Å². The highest BCUT2D eigenvalue weighted by Gasteiger charge is 2.71. The summed E-state index contributed by atoms with van der Waals surface area (Å²) in [6.45, 7) is 0. The molecule has 574 valence electrons. The molecule has 8 aromatic carbocycles. The van der Waals surface area contributed by atoms with Crippen LogP contribution in [0.5, 0.6) is 0 Å². The van der Waals surface area contributed by atoms with Crippen LogP contribution in [0.4, 0.5) is 0 Å². The van der Waals surface area contributed by atoms with Crippen molar-refractivity contribution < 1.29 is 0 Å². The molecule has 0 spiro atoms. The Morgan fingerprint density at radius 2 is 0.348 bits per heavy atom. The highest BCUT2D eigenvalue weighted by atomic mass is 127. The number of halogens is 5. The van der Waals surface area contributed by atoms with E-state index in [0.29, 0.717) is 4.32 Å². The quantitative estimate of drug-likeness (QED) is 0.0715. The van der Waals surface area contributed by atoms with E-state index >= 15 is 0 Å². The van der Waals surface area contributed by atoms with Crippen LogP contribution in [-0.2, 0) is 43.3 Å². The molecule has 115 heavy (non-hydrogen) atoms. The monoisotopic (exact) mass is 2010 g/mol. The van der Waals surface area contributed by atoms with Crippen LogP contribution in [-0.4, -0.2) is 24.3 Å². The van der Waals surface area contributed by atoms with Gasteiger partial charge in [0.2, 0.25) is 0 Å². The van der Waals surface area contributed by atoms with E-state index in [2.05, 4.69) is 417 Å². The Labute approximate surface area is 743 Å². The van der Waals surface area contributed by atoms with E-state index in [4.69, 9.17) is 0 Å². The third-order valence-electron chi connectivity index (χ3n) is 28.7. The fourth-order valence-electron chi connectivity index (χ4n) is 25.4. The van der Waals surface area contributed by atoms with Crippen molar-refractivity contribution in [2.45, 2.75) is 163 Å². The summed E-state index contributed by atoms with van der Waals surface area (Å²) in [5.41, 5.74) is 22.0. The van der Waals surface area contributed by atoms with E-state index in [1.54, 1.807) is 41.5 Å². The summed E-state index contributed by atoms with van der Waals surface area (Å²) in [5, 5.41) is 0. The molecule has 0 unspecified atom stereocenters. The van der Waals surface area contributed by atoms with Gasteiger partial charge in [-0.3, -0.25) is 19.9 Å². The summed E-state index contributed by atoms with van der Waals surface area (Å²) in [6, 6.07) is 93.2. The van der Waals surface area contributed by atoms with Gasteiger partial charge in [0.25, 0.3) is 0 Å². The van der Waals surface area contributed by atoms with Gasteiger partial charge in [-0.15, -0.1) is 0 Å².